The van der Waals surface area contributed by atoms with Crippen molar-refractivity contribution in [2.45, 2.75) is 25.0 Å². The normalized spacial score (nSPS) is 22.4. The van der Waals surface area contributed by atoms with Crippen LogP contribution in [0.2, 0.25) is 5.02 Å². The third-order valence-corrected chi connectivity index (χ3v) is 6.06. The van der Waals surface area contributed by atoms with Gasteiger partial charge >= 0.3 is 0 Å². The molecule has 2 aliphatic rings. The molecule has 1 amide bonds. The summed E-state index contributed by atoms with van der Waals surface area (Å²) in [5.41, 5.74) is 1.04. The Labute approximate surface area is 191 Å². The van der Waals surface area contributed by atoms with Gasteiger partial charge in [0.1, 0.15) is 5.76 Å². The van der Waals surface area contributed by atoms with E-state index in [1.165, 1.54) is 19.1 Å². The van der Waals surface area contributed by atoms with Crippen LogP contribution in [0.4, 0.5) is 0 Å². The average Bonchev–Trinajstić information content (AvgIpc) is 3.41. The predicted octanol–water partition coefficient (Wildman–Crippen LogP) is 3.96. The number of carbonyl (C=O) groups excluding carboxylic acids is 2. The van der Waals surface area contributed by atoms with E-state index in [2.05, 4.69) is 0 Å². The van der Waals surface area contributed by atoms with E-state index in [4.69, 9.17) is 25.8 Å². The fraction of sp³-hybridized carbons (Fsp3) is 0.333. The van der Waals surface area contributed by atoms with E-state index in [0.717, 1.165) is 12.8 Å². The van der Waals surface area contributed by atoms with Crippen LogP contribution in [-0.2, 0) is 14.3 Å². The van der Waals surface area contributed by atoms with Gasteiger partial charge in [0.05, 0.1) is 31.9 Å². The molecule has 168 valence electrons. The molecule has 0 saturated carbocycles. The first-order valence-corrected chi connectivity index (χ1v) is 10.7. The highest BCUT2D eigenvalue weighted by molar-refractivity contribution is 6.46. The predicted molar refractivity (Wildman–Crippen MR) is 119 cm³/mol. The maximum Gasteiger partial charge on any atom is 0.295 e. The molecule has 0 radical (unpaired) electrons. The van der Waals surface area contributed by atoms with Gasteiger partial charge in [-0.25, -0.2) is 0 Å². The molecule has 0 aromatic heterocycles. The Morgan fingerprint density at radius 1 is 1.12 bits per heavy atom. The number of halogens is 1. The number of aliphatic hydroxyl groups is 1. The first kappa shape index (κ1) is 22.2. The van der Waals surface area contributed by atoms with Crippen LogP contribution in [0.3, 0.4) is 0 Å². The van der Waals surface area contributed by atoms with Crippen molar-refractivity contribution >= 4 is 29.1 Å². The number of Topliss-reactive ketones (excluding diaryl/α,β-unsaturated/α-hetero) is 1. The summed E-state index contributed by atoms with van der Waals surface area (Å²) in [6.45, 7) is 0.876. The Balaban J connectivity index is 1.85. The summed E-state index contributed by atoms with van der Waals surface area (Å²) in [5.74, 6) is -0.690. The van der Waals surface area contributed by atoms with E-state index >= 15 is 0 Å². The van der Waals surface area contributed by atoms with Crippen LogP contribution < -0.4 is 9.47 Å². The molecule has 2 aromatic rings. The van der Waals surface area contributed by atoms with Gasteiger partial charge in [-0.1, -0.05) is 17.7 Å². The summed E-state index contributed by atoms with van der Waals surface area (Å²) < 4.78 is 16.5. The van der Waals surface area contributed by atoms with Crippen LogP contribution in [-0.4, -0.2) is 55.2 Å². The maximum atomic E-state index is 13.1. The van der Waals surface area contributed by atoms with E-state index < -0.39 is 17.7 Å². The number of ketones is 1. The van der Waals surface area contributed by atoms with Crippen LogP contribution in [0.15, 0.2) is 48.0 Å². The van der Waals surface area contributed by atoms with Crippen LogP contribution in [0, 0.1) is 0 Å². The van der Waals surface area contributed by atoms with E-state index in [9.17, 15) is 14.7 Å². The third-order valence-electron chi connectivity index (χ3n) is 5.81. The van der Waals surface area contributed by atoms with Crippen molar-refractivity contribution in [3.63, 3.8) is 0 Å². The highest BCUT2D eigenvalue weighted by Crippen LogP contribution is 2.42. The van der Waals surface area contributed by atoms with Gasteiger partial charge in [-0.15, -0.1) is 0 Å². The number of carbonyl (C=O) groups is 2. The maximum absolute atomic E-state index is 13.1. The standard InChI is InChI=1S/C24H24ClNO6/c1-30-18-10-7-15(12-19(18)31-2)21-20(22(27)14-5-8-16(25)9-6-14)23(28)24(29)26(21)13-17-4-3-11-32-17/h5-10,12,17,21,27H,3-4,11,13H2,1-2H3/b22-20+/t17-,21+/m0/s1. The first-order valence-electron chi connectivity index (χ1n) is 10.3. The van der Waals surface area contributed by atoms with Gasteiger partial charge in [-0.3, -0.25) is 9.59 Å². The van der Waals surface area contributed by atoms with Crippen molar-refractivity contribution in [3.05, 3.63) is 64.2 Å². The minimum atomic E-state index is -0.797. The molecule has 0 unspecified atom stereocenters. The van der Waals surface area contributed by atoms with Crippen molar-refractivity contribution in [2.24, 2.45) is 0 Å². The number of amides is 1. The largest absolute Gasteiger partial charge is 0.507 e. The fourth-order valence-electron chi connectivity index (χ4n) is 4.21. The lowest BCUT2D eigenvalue weighted by molar-refractivity contribution is -0.140. The van der Waals surface area contributed by atoms with Crippen molar-refractivity contribution in [2.75, 3.05) is 27.4 Å². The number of rotatable bonds is 6. The van der Waals surface area contributed by atoms with Gasteiger partial charge in [0.15, 0.2) is 11.5 Å². The van der Waals surface area contributed by atoms with Crippen LogP contribution >= 0.6 is 11.6 Å². The zero-order chi connectivity index (χ0) is 22.8. The van der Waals surface area contributed by atoms with E-state index in [0.29, 0.717) is 34.3 Å². The molecule has 7 nitrogen and oxygen atoms in total. The van der Waals surface area contributed by atoms with E-state index in [1.54, 1.807) is 42.5 Å². The second-order valence-corrected chi connectivity index (χ2v) is 8.14. The van der Waals surface area contributed by atoms with Crippen molar-refractivity contribution in [1.29, 1.82) is 0 Å². The second kappa shape index (κ2) is 9.22. The molecule has 0 bridgehead atoms. The Bertz CT molecular complexity index is 1060. The minimum Gasteiger partial charge on any atom is -0.507 e. The Morgan fingerprint density at radius 2 is 1.84 bits per heavy atom. The topological polar surface area (TPSA) is 85.3 Å². The first-order chi connectivity index (χ1) is 15.4. The molecule has 2 atom stereocenters. The lowest BCUT2D eigenvalue weighted by Gasteiger charge is -2.28. The number of benzene rings is 2. The summed E-state index contributed by atoms with van der Waals surface area (Å²) in [5, 5.41) is 11.6. The molecule has 4 rings (SSSR count). The number of nitrogens with zero attached hydrogens (tertiary/aromatic N) is 1. The average molecular weight is 458 g/mol. The van der Waals surface area contributed by atoms with Crippen molar-refractivity contribution in [1.82, 2.24) is 4.90 Å². The number of methoxy groups -OCH3 is 2. The molecule has 0 aliphatic carbocycles. The van der Waals surface area contributed by atoms with E-state index in [-0.39, 0.29) is 24.0 Å². The van der Waals surface area contributed by atoms with Crippen LogP contribution in [0.25, 0.3) is 5.76 Å². The van der Waals surface area contributed by atoms with Gasteiger partial charge in [0.25, 0.3) is 11.7 Å². The molecule has 2 aliphatic heterocycles. The fourth-order valence-corrected chi connectivity index (χ4v) is 4.33. The Kier molecular flexibility index (Phi) is 6.39. The monoisotopic (exact) mass is 457 g/mol. The van der Waals surface area contributed by atoms with Gasteiger partial charge in [0, 0.05) is 23.7 Å². The Hall–Kier alpha value is -3.03. The lowest BCUT2D eigenvalue weighted by atomic mass is 9.95. The minimum absolute atomic E-state index is 0.0162. The Morgan fingerprint density at radius 3 is 2.47 bits per heavy atom. The summed E-state index contributed by atoms with van der Waals surface area (Å²) in [7, 11) is 3.04. The molecular weight excluding hydrogens is 434 g/mol. The zero-order valence-corrected chi connectivity index (χ0v) is 18.6. The SMILES string of the molecule is COc1ccc([C@@H]2/C(=C(\O)c3ccc(Cl)cc3)C(=O)C(=O)N2C[C@@H]2CCCO2)cc1OC. The van der Waals surface area contributed by atoms with Crippen LogP contribution in [0.5, 0.6) is 11.5 Å². The smallest absolute Gasteiger partial charge is 0.295 e. The number of hydrogen-bond donors (Lipinski definition) is 1. The molecule has 2 heterocycles. The second-order valence-electron chi connectivity index (χ2n) is 7.71. The summed E-state index contributed by atoms with van der Waals surface area (Å²) in [6.07, 6.45) is 1.55. The summed E-state index contributed by atoms with van der Waals surface area (Å²) in [4.78, 5) is 27.6. The molecular formula is C24H24ClNO6. The summed E-state index contributed by atoms with van der Waals surface area (Å²) in [6, 6.07) is 10.8. The molecule has 8 heteroatoms. The molecule has 2 aromatic carbocycles. The number of likely N-dealkylation sites (tertiary alicyclic amines) is 1. The number of aliphatic hydroxyl groups excluding tert-OH is 1. The zero-order valence-electron chi connectivity index (χ0n) is 17.8. The van der Waals surface area contributed by atoms with Gasteiger partial charge in [0.2, 0.25) is 0 Å². The molecule has 0 spiro atoms. The third kappa shape index (κ3) is 4.06. The van der Waals surface area contributed by atoms with Crippen molar-refractivity contribution < 1.29 is 28.9 Å². The summed E-state index contributed by atoms with van der Waals surface area (Å²) >= 11 is 5.97. The van der Waals surface area contributed by atoms with E-state index in [1.807, 2.05) is 0 Å². The highest BCUT2D eigenvalue weighted by atomic mass is 35.5. The van der Waals surface area contributed by atoms with Crippen molar-refractivity contribution in [3.8, 4) is 11.5 Å². The molecule has 2 fully saturated rings. The molecule has 2 saturated heterocycles. The van der Waals surface area contributed by atoms with Gasteiger partial charge in [-0.2, -0.15) is 0 Å². The lowest BCUT2D eigenvalue weighted by Crippen LogP contribution is -2.36. The van der Waals surface area contributed by atoms with Crippen LogP contribution in [0.1, 0.15) is 30.0 Å². The number of hydrogen-bond acceptors (Lipinski definition) is 6. The number of ether oxygens (including phenoxy) is 3. The van der Waals surface area contributed by atoms with Gasteiger partial charge < -0.3 is 24.2 Å². The molecule has 32 heavy (non-hydrogen) atoms. The quantitative estimate of drug-likeness (QED) is 0.401. The van der Waals surface area contributed by atoms with Gasteiger partial charge in [-0.05, 0) is 54.8 Å². The molecule has 1 N–H and O–H groups in total. The highest BCUT2D eigenvalue weighted by Gasteiger charge is 2.47.